The van der Waals surface area contributed by atoms with E-state index in [-0.39, 0.29) is 10.9 Å². The van der Waals surface area contributed by atoms with Gasteiger partial charge in [-0.05, 0) is 38.7 Å². The van der Waals surface area contributed by atoms with Crippen LogP contribution in [-0.4, -0.2) is 40.0 Å². The van der Waals surface area contributed by atoms with E-state index in [0.717, 1.165) is 5.56 Å². The fraction of sp³-hybridized carbons (Fsp3) is 0.500. The van der Waals surface area contributed by atoms with Gasteiger partial charge >= 0.3 is 0 Å². The van der Waals surface area contributed by atoms with E-state index in [0.29, 0.717) is 12.4 Å². The topological polar surface area (TPSA) is 49.4 Å². The van der Waals surface area contributed by atoms with Crippen LogP contribution in [0.1, 0.15) is 12.5 Å². The van der Waals surface area contributed by atoms with Crippen molar-refractivity contribution in [2.24, 2.45) is 0 Å². The van der Waals surface area contributed by atoms with E-state index in [2.05, 4.69) is 4.72 Å². The van der Waals surface area contributed by atoms with Gasteiger partial charge in [0.05, 0.1) is 4.90 Å². The summed E-state index contributed by atoms with van der Waals surface area (Å²) in [6, 6.07) is 6.51. The number of likely N-dealkylation sites (N-methyl/N-ethyl adjacent to an activating group) is 1. The van der Waals surface area contributed by atoms with Crippen LogP contribution in [0.25, 0.3) is 0 Å². The summed E-state index contributed by atoms with van der Waals surface area (Å²) in [6.07, 6.45) is 0. The second kappa shape index (κ2) is 6.52. The standard InChI is InChI=1S/C12H19ClN2O2S/c1-10(9-15(2)3)14-18(16,17)12-6-4-5-11(7-12)8-13/h4-7,10,14H,8-9H2,1-3H3. The molecule has 0 saturated carbocycles. The molecule has 0 heterocycles. The lowest BCUT2D eigenvalue weighted by Crippen LogP contribution is -2.39. The minimum Gasteiger partial charge on any atom is -0.308 e. The Morgan fingerprint density at radius 3 is 2.61 bits per heavy atom. The Balaban J connectivity index is 2.85. The second-order valence-electron chi connectivity index (χ2n) is 4.57. The lowest BCUT2D eigenvalue weighted by atomic mass is 10.2. The molecule has 0 radical (unpaired) electrons. The first kappa shape index (κ1) is 15.4. The number of hydrogen-bond acceptors (Lipinski definition) is 3. The number of nitrogens with one attached hydrogen (secondary N) is 1. The van der Waals surface area contributed by atoms with Crippen molar-refractivity contribution in [3.63, 3.8) is 0 Å². The first-order valence-electron chi connectivity index (χ1n) is 5.67. The minimum atomic E-state index is -3.47. The Labute approximate surface area is 114 Å². The molecule has 4 nitrogen and oxygen atoms in total. The highest BCUT2D eigenvalue weighted by Crippen LogP contribution is 2.13. The summed E-state index contributed by atoms with van der Waals surface area (Å²) in [5.74, 6) is 0.302. The van der Waals surface area contributed by atoms with Crippen molar-refractivity contribution in [1.82, 2.24) is 9.62 Å². The number of benzene rings is 1. The molecular weight excluding hydrogens is 272 g/mol. The quantitative estimate of drug-likeness (QED) is 0.811. The normalized spacial score (nSPS) is 13.8. The Bertz CT molecular complexity index is 489. The van der Waals surface area contributed by atoms with Crippen molar-refractivity contribution in [3.05, 3.63) is 29.8 Å². The van der Waals surface area contributed by atoms with E-state index < -0.39 is 10.0 Å². The van der Waals surface area contributed by atoms with Gasteiger partial charge in [0.2, 0.25) is 10.0 Å². The van der Waals surface area contributed by atoms with Gasteiger partial charge in [0.25, 0.3) is 0 Å². The molecule has 1 atom stereocenters. The smallest absolute Gasteiger partial charge is 0.240 e. The number of alkyl halides is 1. The zero-order chi connectivity index (χ0) is 13.8. The molecule has 0 fully saturated rings. The molecule has 0 aromatic heterocycles. The number of halogens is 1. The van der Waals surface area contributed by atoms with E-state index in [9.17, 15) is 8.42 Å². The minimum absolute atomic E-state index is 0.148. The van der Waals surface area contributed by atoms with Crippen molar-refractivity contribution in [1.29, 1.82) is 0 Å². The maximum atomic E-state index is 12.1. The molecule has 102 valence electrons. The van der Waals surface area contributed by atoms with Crippen LogP contribution in [-0.2, 0) is 15.9 Å². The fourth-order valence-electron chi connectivity index (χ4n) is 1.71. The van der Waals surface area contributed by atoms with E-state index >= 15 is 0 Å². The highest BCUT2D eigenvalue weighted by molar-refractivity contribution is 7.89. The molecule has 0 aliphatic rings. The predicted molar refractivity (Wildman–Crippen MR) is 74.3 cm³/mol. The molecule has 18 heavy (non-hydrogen) atoms. The summed E-state index contributed by atoms with van der Waals surface area (Å²) < 4.78 is 26.9. The molecule has 1 unspecified atom stereocenters. The van der Waals surface area contributed by atoms with E-state index in [1.54, 1.807) is 24.3 Å². The monoisotopic (exact) mass is 290 g/mol. The van der Waals surface area contributed by atoms with Gasteiger partial charge in [0.1, 0.15) is 0 Å². The van der Waals surface area contributed by atoms with Crippen molar-refractivity contribution in [2.75, 3.05) is 20.6 Å². The molecule has 0 saturated heterocycles. The van der Waals surface area contributed by atoms with E-state index in [1.807, 2.05) is 25.9 Å². The number of hydrogen-bond donors (Lipinski definition) is 1. The third-order valence-electron chi connectivity index (χ3n) is 2.36. The Kier molecular flexibility index (Phi) is 5.59. The van der Waals surface area contributed by atoms with Crippen molar-refractivity contribution >= 4 is 21.6 Å². The van der Waals surface area contributed by atoms with Crippen LogP contribution in [0.3, 0.4) is 0 Å². The second-order valence-corrected chi connectivity index (χ2v) is 6.55. The van der Waals surface area contributed by atoms with Gasteiger partial charge in [-0.3, -0.25) is 0 Å². The third-order valence-corrected chi connectivity index (χ3v) is 4.25. The van der Waals surface area contributed by atoms with Gasteiger partial charge in [0.15, 0.2) is 0 Å². The first-order valence-corrected chi connectivity index (χ1v) is 7.69. The summed E-state index contributed by atoms with van der Waals surface area (Å²) in [7, 11) is 0.330. The molecule has 1 aromatic carbocycles. The molecule has 0 aliphatic carbocycles. The zero-order valence-corrected chi connectivity index (χ0v) is 12.4. The van der Waals surface area contributed by atoms with Crippen LogP contribution in [0.2, 0.25) is 0 Å². The van der Waals surface area contributed by atoms with Crippen molar-refractivity contribution in [3.8, 4) is 0 Å². The SMILES string of the molecule is CC(CN(C)C)NS(=O)(=O)c1cccc(CCl)c1. The summed E-state index contributed by atoms with van der Waals surface area (Å²) >= 11 is 5.70. The van der Waals surface area contributed by atoms with Crippen molar-refractivity contribution < 1.29 is 8.42 Å². The van der Waals surface area contributed by atoms with Gasteiger partial charge < -0.3 is 4.90 Å². The highest BCUT2D eigenvalue weighted by Gasteiger charge is 2.17. The summed E-state index contributed by atoms with van der Waals surface area (Å²) in [6.45, 7) is 2.48. The highest BCUT2D eigenvalue weighted by atomic mass is 35.5. The molecule has 0 spiro atoms. The maximum absolute atomic E-state index is 12.1. The van der Waals surface area contributed by atoms with E-state index in [1.165, 1.54) is 0 Å². The molecule has 6 heteroatoms. The van der Waals surface area contributed by atoms with Crippen LogP contribution in [0.4, 0.5) is 0 Å². The van der Waals surface area contributed by atoms with Crippen LogP contribution in [0, 0.1) is 0 Å². The lowest BCUT2D eigenvalue weighted by Gasteiger charge is -2.18. The van der Waals surface area contributed by atoms with Gasteiger partial charge in [-0.1, -0.05) is 12.1 Å². The van der Waals surface area contributed by atoms with Crippen molar-refractivity contribution in [2.45, 2.75) is 23.7 Å². The largest absolute Gasteiger partial charge is 0.308 e. The van der Waals surface area contributed by atoms with Crippen LogP contribution >= 0.6 is 11.6 Å². The average Bonchev–Trinajstić information content (AvgIpc) is 2.27. The van der Waals surface area contributed by atoms with E-state index in [4.69, 9.17) is 11.6 Å². The molecule has 0 aliphatic heterocycles. The number of rotatable bonds is 6. The molecule has 0 amide bonds. The maximum Gasteiger partial charge on any atom is 0.240 e. The van der Waals surface area contributed by atoms with Crippen LogP contribution < -0.4 is 4.72 Å². The van der Waals surface area contributed by atoms with Crippen LogP contribution in [0.5, 0.6) is 0 Å². The summed E-state index contributed by atoms with van der Waals surface area (Å²) in [5.41, 5.74) is 0.791. The van der Waals surface area contributed by atoms with Gasteiger partial charge in [-0.25, -0.2) is 13.1 Å². The molecule has 0 bridgehead atoms. The lowest BCUT2D eigenvalue weighted by molar-refractivity contribution is 0.370. The Morgan fingerprint density at radius 1 is 1.39 bits per heavy atom. The number of nitrogens with zero attached hydrogens (tertiary/aromatic N) is 1. The average molecular weight is 291 g/mol. The summed E-state index contributed by atoms with van der Waals surface area (Å²) in [4.78, 5) is 2.19. The van der Waals surface area contributed by atoms with Gasteiger partial charge in [0, 0.05) is 18.5 Å². The molecule has 1 aromatic rings. The molecule has 1 N–H and O–H groups in total. The van der Waals surface area contributed by atoms with Gasteiger partial charge in [-0.2, -0.15) is 0 Å². The zero-order valence-electron chi connectivity index (χ0n) is 10.9. The van der Waals surface area contributed by atoms with Crippen LogP contribution in [0.15, 0.2) is 29.2 Å². The Morgan fingerprint density at radius 2 is 2.06 bits per heavy atom. The summed E-state index contributed by atoms with van der Waals surface area (Å²) in [5, 5.41) is 0. The molecular formula is C12H19ClN2O2S. The Hall–Kier alpha value is -0.620. The molecule has 1 rings (SSSR count). The van der Waals surface area contributed by atoms with Gasteiger partial charge in [-0.15, -0.1) is 11.6 Å². The number of sulfonamides is 1. The predicted octanol–water partition coefficient (Wildman–Crippen LogP) is 1.65. The first-order chi connectivity index (χ1) is 8.35. The fourth-order valence-corrected chi connectivity index (χ4v) is 3.18. The third kappa shape index (κ3) is 4.57.